The molecule has 0 radical (unpaired) electrons. The maximum atomic E-state index is 4.82. The van der Waals surface area contributed by atoms with Crippen molar-refractivity contribution >= 4 is 21.8 Å². The van der Waals surface area contributed by atoms with E-state index < -0.39 is 0 Å². The van der Waals surface area contributed by atoms with E-state index in [0.717, 1.165) is 30.8 Å². The van der Waals surface area contributed by atoms with E-state index in [4.69, 9.17) is 4.98 Å². The zero-order chi connectivity index (χ0) is 21.3. The molecule has 1 aliphatic carbocycles. The van der Waals surface area contributed by atoms with Crippen molar-refractivity contribution < 1.29 is 0 Å². The van der Waals surface area contributed by atoms with Crippen molar-refractivity contribution in [3.8, 4) is 0 Å². The number of pyridine rings is 3. The summed E-state index contributed by atoms with van der Waals surface area (Å²) in [6, 6.07) is 21.3. The van der Waals surface area contributed by atoms with E-state index in [0.29, 0.717) is 6.54 Å². The minimum absolute atomic E-state index is 0.269. The molecule has 4 heterocycles. The van der Waals surface area contributed by atoms with Crippen molar-refractivity contribution in [3.05, 3.63) is 102 Å². The second-order valence-electron chi connectivity index (χ2n) is 8.45. The number of benzene rings is 1. The van der Waals surface area contributed by atoms with Crippen molar-refractivity contribution in [2.24, 2.45) is 0 Å². The van der Waals surface area contributed by atoms with E-state index in [1.54, 1.807) is 0 Å². The van der Waals surface area contributed by atoms with Crippen LogP contribution in [0.1, 0.15) is 41.5 Å². The predicted octanol–water partition coefficient (Wildman–Crippen LogP) is 5.20. The first kappa shape index (κ1) is 19.1. The normalized spacial score (nSPS) is 15.8. The summed E-state index contributed by atoms with van der Waals surface area (Å²) in [5, 5.41) is 6.27. The topological polar surface area (TPSA) is 55.6 Å². The Morgan fingerprint density at radius 2 is 1.75 bits per heavy atom. The Kier molecular flexibility index (Phi) is 4.89. The first-order chi connectivity index (χ1) is 15.9. The number of aromatic nitrogens is 4. The fourth-order valence-corrected chi connectivity index (χ4v) is 5.05. The lowest BCUT2D eigenvalue weighted by atomic mass is 9.92. The SMILES string of the molecule is c1ccc(Cn2c3ccccc3c3ccnc(CN[C@H]4CCCc5cccnc54)c32)nc1. The molecule has 5 aromatic rings. The van der Waals surface area contributed by atoms with E-state index >= 15 is 0 Å². The number of aryl methyl sites for hydroxylation is 1. The highest BCUT2D eigenvalue weighted by Crippen LogP contribution is 2.32. The number of para-hydroxylation sites is 1. The minimum atomic E-state index is 0.269. The molecule has 0 amide bonds. The van der Waals surface area contributed by atoms with Crippen LogP contribution >= 0.6 is 0 Å². The van der Waals surface area contributed by atoms with Gasteiger partial charge in [0.1, 0.15) is 0 Å². The average Bonchev–Trinajstić information content (AvgIpc) is 3.17. The van der Waals surface area contributed by atoms with Crippen LogP contribution in [0, 0.1) is 0 Å². The van der Waals surface area contributed by atoms with Crippen LogP contribution in [0.15, 0.2) is 79.3 Å². The highest BCUT2D eigenvalue weighted by atomic mass is 15.0. The Morgan fingerprint density at radius 1 is 0.844 bits per heavy atom. The lowest BCUT2D eigenvalue weighted by Gasteiger charge is -2.25. The van der Waals surface area contributed by atoms with E-state index in [-0.39, 0.29) is 6.04 Å². The van der Waals surface area contributed by atoms with Gasteiger partial charge in [-0.05, 0) is 55.2 Å². The number of nitrogens with zero attached hydrogens (tertiary/aromatic N) is 4. The van der Waals surface area contributed by atoms with Crippen molar-refractivity contribution in [3.63, 3.8) is 0 Å². The van der Waals surface area contributed by atoms with Crippen LogP contribution in [-0.4, -0.2) is 19.5 Å². The van der Waals surface area contributed by atoms with Gasteiger partial charge in [-0.3, -0.25) is 15.0 Å². The van der Waals surface area contributed by atoms with Gasteiger partial charge in [0.25, 0.3) is 0 Å². The molecule has 1 aromatic carbocycles. The molecular formula is C27H25N5. The Hall–Kier alpha value is -3.57. The molecule has 0 saturated carbocycles. The lowest BCUT2D eigenvalue weighted by molar-refractivity contribution is 0.445. The molecular weight excluding hydrogens is 394 g/mol. The van der Waals surface area contributed by atoms with Gasteiger partial charge < -0.3 is 9.88 Å². The Bertz CT molecular complexity index is 1390. The molecule has 1 N–H and O–H groups in total. The molecule has 0 fully saturated rings. The summed E-state index contributed by atoms with van der Waals surface area (Å²) >= 11 is 0. The van der Waals surface area contributed by atoms with E-state index in [1.165, 1.54) is 39.5 Å². The number of hydrogen-bond acceptors (Lipinski definition) is 4. The molecule has 0 spiro atoms. The summed E-state index contributed by atoms with van der Waals surface area (Å²) in [4.78, 5) is 14.1. The summed E-state index contributed by atoms with van der Waals surface area (Å²) in [6.45, 7) is 1.42. The van der Waals surface area contributed by atoms with Crippen molar-refractivity contribution in [1.82, 2.24) is 24.8 Å². The minimum Gasteiger partial charge on any atom is -0.333 e. The van der Waals surface area contributed by atoms with Gasteiger partial charge in [-0.15, -0.1) is 0 Å². The Morgan fingerprint density at radius 3 is 2.69 bits per heavy atom. The number of nitrogens with one attached hydrogen (secondary N) is 1. The zero-order valence-electron chi connectivity index (χ0n) is 17.9. The maximum absolute atomic E-state index is 4.82. The van der Waals surface area contributed by atoms with Crippen LogP contribution in [0.3, 0.4) is 0 Å². The summed E-state index contributed by atoms with van der Waals surface area (Å²) in [6.07, 6.45) is 9.11. The van der Waals surface area contributed by atoms with Crippen LogP contribution in [0.4, 0.5) is 0 Å². The third kappa shape index (κ3) is 3.35. The number of fused-ring (bicyclic) bond motifs is 4. The van der Waals surface area contributed by atoms with Gasteiger partial charge in [-0.2, -0.15) is 0 Å². The van der Waals surface area contributed by atoms with Crippen molar-refractivity contribution in [1.29, 1.82) is 0 Å². The smallest absolute Gasteiger partial charge is 0.0784 e. The fourth-order valence-electron chi connectivity index (χ4n) is 5.05. The molecule has 6 rings (SSSR count). The van der Waals surface area contributed by atoms with Gasteiger partial charge in [0.2, 0.25) is 0 Å². The Balaban J connectivity index is 1.41. The van der Waals surface area contributed by atoms with Gasteiger partial charge >= 0.3 is 0 Å². The molecule has 32 heavy (non-hydrogen) atoms. The molecule has 1 atom stereocenters. The van der Waals surface area contributed by atoms with Crippen LogP contribution in [0.5, 0.6) is 0 Å². The van der Waals surface area contributed by atoms with Crippen molar-refractivity contribution in [2.45, 2.75) is 38.4 Å². The Labute approximate surface area is 187 Å². The van der Waals surface area contributed by atoms with E-state index in [1.807, 2.05) is 36.8 Å². The quantitative estimate of drug-likeness (QED) is 0.426. The lowest BCUT2D eigenvalue weighted by Crippen LogP contribution is -2.26. The van der Waals surface area contributed by atoms with Crippen molar-refractivity contribution in [2.75, 3.05) is 0 Å². The third-order valence-electron chi connectivity index (χ3n) is 6.51. The maximum Gasteiger partial charge on any atom is 0.0784 e. The standard InChI is InChI=1S/C27H25N5/c1-2-12-25-21(10-1)22-13-16-29-24(27(22)32(25)18-20-9-3-4-14-28-20)17-31-23-11-5-7-19-8-6-15-30-26(19)23/h1-4,6,8-10,12-16,23,31H,5,7,11,17-18H2/t23-/m0/s1. The molecule has 5 heteroatoms. The van der Waals surface area contributed by atoms with Crippen LogP contribution < -0.4 is 5.32 Å². The van der Waals surface area contributed by atoms with E-state index in [2.05, 4.69) is 62.3 Å². The largest absolute Gasteiger partial charge is 0.333 e. The molecule has 5 nitrogen and oxygen atoms in total. The summed E-state index contributed by atoms with van der Waals surface area (Å²) in [5.41, 5.74) is 7.07. The van der Waals surface area contributed by atoms with Gasteiger partial charge in [-0.25, -0.2) is 0 Å². The number of hydrogen-bond donors (Lipinski definition) is 1. The average molecular weight is 420 g/mol. The highest BCUT2D eigenvalue weighted by molar-refractivity contribution is 6.08. The first-order valence-electron chi connectivity index (χ1n) is 11.3. The van der Waals surface area contributed by atoms with Gasteiger partial charge in [0, 0.05) is 41.4 Å². The molecule has 1 aliphatic rings. The summed E-state index contributed by atoms with van der Waals surface area (Å²) < 4.78 is 2.37. The van der Waals surface area contributed by atoms with Crippen LogP contribution in [0.25, 0.3) is 21.8 Å². The molecule has 0 saturated heterocycles. The fraction of sp³-hybridized carbons (Fsp3) is 0.222. The predicted molar refractivity (Wildman–Crippen MR) is 127 cm³/mol. The second kappa shape index (κ2) is 8.17. The van der Waals surface area contributed by atoms with Gasteiger partial charge in [0.05, 0.1) is 35.2 Å². The first-order valence-corrected chi connectivity index (χ1v) is 11.3. The third-order valence-corrected chi connectivity index (χ3v) is 6.51. The molecule has 158 valence electrons. The van der Waals surface area contributed by atoms with Crippen LogP contribution in [0.2, 0.25) is 0 Å². The summed E-state index contributed by atoms with van der Waals surface area (Å²) in [5.74, 6) is 0. The molecule has 0 aliphatic heterocycles. The molecule has 4 aromatic heterocycles. The van der Waals surface area contributed by atoms with Crippen LogP contribution in [-0.2, 0) is 19.5 Å². The summed E-state index contributed by atoms with van der Waals surface area (Å²) in [7, 11) is 0. The molecule has 0 bridgehead atoms. The number of rotatable bonds is 5. The van der Waals surface area contributed by atoms with Gasteiger partial charge in [-0.1, -0.05) is 30.3 Å². The monoisotopic (exact) mass is 419 g/mol. The zero-order valence-corrected chi connectivity index (χ0v) is 17.9. The highest BCUT2D eigenvalue weighted by Gasteiger charge is 2.22. The van der Waals surface area contributed by atoms with E-state index in [9.17, 15) is 0 Å². The van der Waals surface area contributed by atoms with Gasteiger partial charge in [0.15, 0.2) is 0 Å². The second-order valence-corrected chi connectivity index (χ2v) is 8.45. The molecule has 0 unspecified atom stereocenters.